The molecule has 6 nitrogen and oxygen atoms in total. The van der Waals surface area contributed by atoms with Crippen molar-refractivity contribution in [3.8, 4) is 11.4 Å². The van der Waals surface area contributed by atoms with Crippen LogP contribution in [0.1, 0.15) is 36.6 Å². The van der Waals surface area contributed by atoms with E-state index in [9.17, 15) is 13.2 Å². The van der Waals surface area contributed by atoms with Gasteiger partial charge in [-0.3, -0.25) is 5.10 Å². The number of aliphatic imine (C=N–C) groups is 1. The highest BCUT2D eigenvalue weighted by Crippen LogP contribution is 2.30. The van der Waals surface area contributed by atoms with Crippen molar-refractivity contribution in [3.05, 3.63) is 71.5 Å². The third-order valence-electron chi connectivity index (χ3n) is 4.45. The molecule has 0 aliphatic heterocycles. The number of benzene rings is 2. The molecule has 10 heteroatoms. The van der Waals surface area contributed by atoms with E-state index in [4.69, 9.17) is 0 Å². The number of nitrogens with zero attached hydrogens (tertiary/aromatic N) is 3. The second kappa shape index (κ2) is 11.1. The van der Waals surface area contributed by atoms with E-state index in [1.807, 2.05) is 31.2 Å². The summed E-state index contributed by atoms with van der Waals surface area (Å²) in [5, 5.41) is 13.0. The number of alkyl halides is 3. The first-order chi connectivity index (χ1) is 14.4. The minimum atomic E-state index is -4.37. The van der Waals surface area contributed by atoms with Gasteiger partial charge in [0.1, 0.15) is 6.33 Å². The number of H-pyrrole nitrogens is 1. The summed E-state index contributed by atoms with van der Waals surface area (Å²) in [7, 11) is 0. The molecular formula is C21H24F3IN6. The van der Waals surface area contributed by atoms with Gasteiger partial charge in [-0.05, 0) is 43.2 Å². The molecule has 0 saturated heterocycles. The fraction of sp³-hybridized carbons (Fsp3) is 0.286. The molecule has 0 amide bonds. The Morgan fingerprint density at radius 3 is 2.61 bits per heavy atom. The third-order valence-corrected chi connectivity index (χ3v) is 4.45. The Morgan fingerprint density at radius 2 is 1.94 bits per heavy atom. The van der Waals surface area contributed by atoms with Gasteiger partial charge >= 0.3 is 6.18 Å². The van der Waals surface area contributed by atoms with Crippen LogP contribution in [0, 0.1) is 0 Å². The quantitative estimate of drug-likeness (QED) is 0.234. The zero-order valence-electron chi connectivity index (χ0n) is 17.1. The van der Waals surface area contributed by atoms with Crippen LogP contribution in [-0.4, -0.2) is 27.7 Å². The Hall–Kier alpha value is -2.63. The number of hydrogen-bond acceptors (Lipinski definition) is 3. The number of halogens is 4. The van der Waals surface area contributed by atoms with Crippen molar-refractivity contribution in [3.63, 3.8) is 0 Å². The maximum Gasteiger partial charge on any atom is 0.416 e. The van der Waals surface area contributed by atoms with Crippen LogP contribution in [0.2, 0.25) is 0 Å². The summed E-state index contributed by atoms with van der Waals surface area (Å²) in [5.41, 5.74) is 1.73. The summed E-state index contributed by atoms with van der Waals surface area (Å²) < 4.78 is 39.0. The zero-order valence-corrected chi connectivity index (χ0v) is 19.4. The van der Waals surface area contributed by atoms with Crippen molar-refractivity contribution in [1.82, 2.24) is 25.8 Å². The Balaban J connectivity index is 0.00000341. The average Bonchev–Trinajstić information content (AvgIpc) is 3.27. The van der Waals surface area contributed by atoms with Gasteiger partial charge in [-0.15, -0.1) is 24.0 Å². The summed E-state index contributed by atoms with van der Waals surface area (Å²) in [6.45, 7) is 4.75. The fourth-order valence-electron chi connectivity index (χ4n) is 2.92. The molecule has 3 N–H and O–H groups in total. The second-order valence-electron chi connectivity index (χ2n) is 6.72. The zero-order chi connectivity index (χ0) is 21.6. The molecule has 0 saturated carbocycles. The van der Waals surface area contributed by atoms with Gasteiger partial charge in [0.25, 0.3) is 0 Å². The minimum Gasteiger partial charge on any atom is -0.357 e. The number of hydrogen-bond donors (Lipinski definition) is 3. The van der Waals surface area contributed by atoms with Crippen LogP contribution < -0.4 is 10.6 Å². The van der Waals surface area contributed by atoms with Crippen LogP contribution in [0.4, 0.5) is 13.2 Å². The first-order valence-electron chi connectivity index (χ1n) is 9.53. The summed E-state index contributed by atoms with van der Waals surface area (Å²) in [6, 6.07) is 12.7. The van der Waals surface area contributed by atoms with Gasteiger partial charge in [-0.1, -0.05) is 30.3 Å². The molecule has 1 unspecified atom stereocenters. The molecule has 0 aliphatic rings. The monoisotopic (exact) mass is 544 g/mol. The van der Waals surface area contributed by atoms with E-state index in [-0.39, 0.29) is 30.0 Å². The van der Waals surface area contributed by atoms with Gasteiger partial charge < -0.3 is 10.6 Å². The first-order valence-corrected chi connectivity index (χ1v) is 9.53. The summed E-state index contributed by atoms with van der Waals surface area (Å²) >= 11 is 0. The van der Waals surface area contributed by atoms with Crippen LogP contribution >= 0.6 is 24.0 Å². The van der Waals surface area contributed by atoms with Crippen LogP contribution in [0.15, 0.2) is 59.9 Å². The molecular weight excluding hydrogens is 520 g/mol. The molecule has 1 heterocycles. The third kappa shape index (κ3) is 6.94. The van der Waals surface area contributed by atoms with E-state index in [0.29, 0.717) is 30.4 Å². The Bertz CT molecular complexity index is 989. The summed E-state index contributed by atoms with van der Waals surface area (Å²) in [6.07, 6.45) is -2.93. The lowest BCUT2D eigenvalue weighted by Gasteiger charge is -2.19. The standard InChI is InChI=1S/C21H23F3N6.HI/c1-3-25-20(29-14(2)16-7-5-9-18(11-16)21(22,23)24)26-12-15-6-4-8-17(10-15)19-27-13-28-30-19;/h4-11,13-14H,3,12H2,1-2H3,(H2,25,26,29)(H,27,28,30);1H. The van der Waals surface area contributed by atoms with E-state index >= 15 is 0 Å². The molecule has 166 valence electrons. The van der Waals surface area contributed by atoms with Gasteiger partial charge in [0.05, 0.1) is 18.2 Å². The van der Waals surface area contributed by atoms with E-state index in [0.717, 1.165) is 23.3 Å². The molecule has 0 spiro atoms. The number of rotatable bonds is 6. The van der Waals surface area contributed by atoms with Crippen LogP contribution in [-0.2, 0) is 12.7 Å². The van der Waals surface area contributed by atoms with Gasteiger partial charge in [-0.2, -0.15) is 18.3 Å². The molecule has 1 aromatic heterocycles. The van der Waals surface area contributed by atoms with Gasteiger partial charge in [0.2, 0.25) is 0 Å². The van der Waals surface area contributed by atoms with E-state index in [1.165, 1.54) is 12.4 Å². The van der Waals surface area contributed by atoms with Crippen molar-refractivity contribution in [2.45, 2.75) is 32.6 Å². The van der Waals surface area contributed by atoms with Crippen molar-refractivity contribution in [2.24, 2.45) is 4.99 Å². The van der Waals surface area contributed by atoms with Crippen molar-refractivity contribution in [2.75, 3.05) is 6.54 Å². The predicted molar refractivity (Wildman–Crippen MR) is 125 cm³/mol. The van der Waals surface area contributed by atoms with E-state index in [1.54, 1.807) is 13.0 Å². The van der Waals surface area contributed by atoms with Crippen molar-refractivity contribution >= 4 is 29.9 Å². The smallest absolute Gasteiger partial charge is 0.357 e. The van der Waals surface area contributed by atoms with Crippen molar-refractivity contribution < 1.29 is 13.2 Å². The molecule has 3 rings (SSSR count). The molecule has 0 radical (unpaired) electrons. The van der Waals surface area contributed by atoms with Gasteiger partial charge in [0.15, 0.2) is 11.8 Å². The van der Waals surface area contributed by atoms with E-state index < -0.39 is 11.7 Å². The number of nitrogens with one attached hydrogen (secondary N) is 3. The highest BCUT2D eigenvalue weighted by atomic mass is 127. The molecule has 0 aliphatic carbocycles. The van der Waals surface area contributed by atoms with Crippen LogP contribution in [0.3, 0.4) is 0 Å². The Kier molecular flexibility index (Phi) is 8.84. The fourth-order valence-corrected chi connectivity index (χ4v) is 2.92. The SMILES string of the molecule is CCNC(=NCc1cccc(-c2ncn[nH]2)c1)NC(C)c1cccc(C(F)(F)F)c1.I. The Morgan fingerprint density at radius 1 is 1.16 bits per heavy atom. The predicted octanol–water partition coefficient (Wildman–Crippen LogP) is 4.92. The van der Waals surface area contributed by atoms with Crippen molar-refractivity contribution in [1.29, 1.82) is 0 Å². The minimum absolute atomic E-state index is 0. The van der Waals surface area contributed by atoms with Crippen LogP contribution in [0.25, 0.3) is 11.4 Å². The van der Waals surface area contributed by atoms with Crippen LogP contribution in [0.5, 0.6) is 0 Å². The topological polar surface area (TPSA) is 78.0 Å². The normalized spacial score (nSPS) is 12.7. The highest BCUT2D eigenvalue weighted by molar-refractivity contribution is 14.0. The number of guanidine groups is 1. The molecule has 2 aromatic carbocycles. The largest absolute Gasteiger partial charge is 0.416 e. The Labute approximate surface area is 195 Å². The lowest BCUT2D eigenvalue weighted by atomic mass is 10.1. The van der Waals surface area contributed by atoms with Gasteiger partial charge in [0, 0.05) is 12.1 Å². The number of aromatic amines is 1. The molecule has 0 bridgehead atoms. The summed E-state index contributed by atoms with van der Waals surface area (Å²) in [5.74, 6) is 1.19. The molecule has 3 aromatic rings. The molecule has 0 fully saturated rings. The maximum absolute atomic E-state index is 13.0. The maximum atomic E-state index is 13.0. The lowest BCUT2D eigenvalue weighted by Crippen LogP contribution is -2.38. The lowest BCUT2D eigenvalue weighted by molar-refractivity contribution is -0.137. The average molecular weight is 544 g/mol. The number of aromatic nitrogens is 3. The van der Waals surface area contributed by atoms with E-state index in [2.05, 4.69) is 30.8 Å². The van der Waals surface area contributed by atoms with Gasteiger partial charge in [-0.25, -0.2) is 9.98 Å². The summed E-state index contributed by atoms with van der Waals surface area (Å²) in [4.78, 5) is 8.71. The second-order valence-corrected chi connectivity index (χ2v) is 6.72. The highest BCUT2D eigenvalue weighted by Gasteiger charge is 2.30. The molecule has 1 atom stereocenters. The first kappa shape index (κ1) is 24.6. The molecule has 31 heavy (non-hydrogen) atoms.